The quantitative estimate of drug-likeness (QED) is 0.706. The van der Waals surface area contributed by atoms with Gasteiger partial charge in [-0.25, -0.2) is 19.3 Å². The van der Waals surface area contributed by atoms with E-state index in [1.165, 1.54) is 10.7 Å². The number of anilines is 1. The van der Waals surface area contributed by atoms with Crippen LogP contribution in [0, 0.1) is 0 Å². The van der Waals surface area contributed by atoms with Crippen LogP contribution < -0.4 is 11.0 Å². The van der Waals surface area contributed by atoms with Crippen LogP contribution in [-0.4, -0.2) is 39.3 Å². The molecule has 0 saturated heterocycles. The highest BCUT2D eigenvalue weighted by Gasteiger charge is 2.01. The number of nitrogens with zero attached hydrogens (tertiary/aromatic N) is 3. The monoisotopic (exact) mass is 251 g/mol. The first-order valence-corrected chi connectivity index (χ1v) is 6.05. The van der Waals surface area contributed by atoms with E-state index in [9.17, 15) is 4.79 Å². The van der Waals surface area contributed by atoms with Crippen LogP contribution in [0.2, 0.25) is 0 Å². The van der Waals surface area contributed by atoms with Gasteiger partial charge < -0.3 is 10.1 Å². The van der Waals surface area contributed by atoms with Crippen LogP contribution in [-0.2, 0) is 4.74 Å². The molecule has 0 spiro atoms. The van der Waals surface area contributed by atoms with E-state index < -0.39 is 0 Å². The molecule has 0 bridgehead atoms. The third-order valence-electron chi connectivity index (χ3n) is 2.43. The minimum Gasteiger partial charge on any atom is -0.381 e. The number of fused-ring (bicyclic) bond motifs is 1. The predicted octanol–water partition coefficient (Wildman–Crippen LogP) is 0.646. The Hall–Kier alpha value is -1.89. The molecular weight excluding hydrogens is 234 g/mol. The lowest BCUT2D eigenvalue weighted by atomic mass is 10.4. The molecule has 0 aliphatic heterocycles. The molecule has 7 heteroatoms. The van der Waals surface area contributed by atoms with Gasteiger partial charge in [0.15, 0.2) is 5.65 Å². The number of hydrogen-bond acceptors (Lipinski definition) is 5. The lowest BCUT2D eigenvalue weighted by Gasteiger charge is -2.05. The summed E-state index contributed by atoms with van der Waals surface area (Å²) in [6, 6.07) is 1.73. The smallest absolute Gasteiger partial charge is 0.348 e. The maximum Gasteiger partial charge on any atom is 0.348 e. The van der Waals surface area contributed by atoms with Gasteiger partial charge in [0.05, 0.1) is 0 Å². The second-order valence-corrected chi connectivity index (χ2v) is 3.92. The van der Waals surface area contributed by atoms with Crippen LogP contribution in [0.3, 0.4) is 0 Å². The van der Waals surface area contributed by atoms with E-state index in [-0.39, 0.29) is 5.69 Å². The summed E-state index contributed by atoms with van der Waals surface area (Å²) >= 11 is 0. The van der Waals surface area contributed by atoms with Crippen molar-refractivity contribution in [2.45, 2.75) is 19.8 Å². The van der Waals surface area contributed by atoms with Crippen molar-refractivity contribution in [2.75, 3.05) is 25.1 Å². The second-order valence-electron chi connectivity index (χ2n) is 3.92. The molecule has 2 rings (SSSR count). The molecular formula is C11H17N5O2. The first-order chi connectivity index (χ1) is 8.81. The fourth-order valence-electron chi connectivity index (χ4n) is 1.54. The minimum atomic E-state index is -0.281. The number of aromatic amines is 1. The minimum absolute atomic E-state index is 0.281. The van der Waals surface area contributed by atoms with Gasteiger partial charge in [-0.15, -0.1) is 0 Å². The lowest BCUT2D eigenvalue weighted by Crippen LogP contribution is -2.11. The van der Waals surface area contributed by atoms with E-state index in [0.717, 1.165) is 32.6 Å². The normalized spacial score (nSPS) is 10.9. The van der Waals surface area contributed by atoms with Crippen LogP contribution in [0.25, 0.3) is 5.65 Å². The third kappa shape index (κ3) is 3.07. The van der Waals surface area contributed by atoms with E-state index in [0.29, 0.717) is 11.5 Å². The fourth-order valence-corrected chi connectivity index (χ4v) is 1.54. The number of H-pyrrole nitrogens is 1. The number of ether oxygens (including phenoxy) is 1. The predicted molar refractivity (Wildman–Crippen MR) is 67.8 cm³/mol. The highest BCUT2D eigenvalue weighted by atomic mass is 16.5. The van der Waals surface area contributed by atoms with Gasteiger partial charge in [-0.3, -0.25) is 0 Å². The zero-order valence-corrected chi connectivity index (χ0v) is 10.3. The summed E-state index contributed by atoms with van der Waals surface area (Å²) in [6.07, 6.45) is 3.41. The Morgan fingerprint density at radius 2 is 2.39 bits per heavy atom. The summed E-state index contributed by atoms with van der Waals surface area (Å²) in [6.45, 7) is 4.41. The molecule has 0 fully saturated rings. The maximum atomic E-state index is 11.2. The Morgan fingerprint density at radius 1 is 1.50 bits per heavy atom. The summed E-state index contributed by atoms with van der Waals surface area (Å²) in [4.78, 5) is 15.3. The van der Waals surface area contributed by atoms with Crippen molar-refractivity contribution in [1.29, 1.82) is 0 Å². The fraction of sp³-hybridized carbons (Fsp3) is 0.545. The molecule has 18 heavy (non-hydrogen) atoms. The summed E-state index contributed by atoms with van der Waals surface area (Å²) < 4.78 is 6.73. The Bertz CT molecular complexity index is 548. The molecule has 2 N–H and O–H groups in total. The van der Waals surface area contributed by atoms with Gasteiger partial charge in [-0.1, -0.05) is 6.92 Å². The van der Waals surface area contributed by atoms with Gasteiger partial charge in [0.2, 0.25) is 0 Å². The molecule has 0 saturated carbocycles. The van der Waals surface area contributed by atoms with Crippen LogP contribution in [0.5, 0.6) is 0 Å². The molecule has 2 aromatic heterocycles. The van der Waals surface area contributed by atoms with Crippen molar-refractivity contribution in [3.8, 4) is 0 Å². The molecule has 0 aliphatic carbocycles. The van der Waals surface area contributed by atoms with Gasteiger partial charge in [0, 0.05) is 25.8 Å². The molecule has 0 aromatic carbocycles. The highest BCUT2D eigenvalue weighted by molar-refractivity contribution is 5.48. The van der Waals surface area contributed by atoms with Gasteiger partial charge in [0.1, 0.15) is 12.1 Å². The Morgan fingerprint density at radius 3 is 3.22 bits per heavy atom. The van der Waals surface area contributed by atoms with Crippen molar-refractivity contribution < 1.29 is 4.74 Å². The van der Waals surface area contributed by atoms with Gasteiger partial charge in [-0.05, 0) is 12.8 Å². The van der Waals surface area contributed by atoms with Crippen LogP contribution in [0.4, 0.5) is 5.82 Å². The molecule has 2 aromatic rings. The maximum absolute atomic E-state index is 11.2. The van der Waals surface area contributed by atoms with E-state index in [2.05, 4.69) is 27.4 Å². The average molecular weight is 251 g/mol. The van der Waals surface area contributed by atoms with Gasteiger partial charge >= 0.3 is 5.69 Å². The summed E-state index contributed by atoms with van der Waals surface area (Å²) in [7, 11) is 0. The summed E-state index contributed by atoms with van der Waals surface area (Å²) in [5, 5.41) is 9.39. The molecule has 98 valence electrons. The van der Waals surface area contributed by atoms with E-state index in [1.807, 2.05) is 0 Å². The molecule has 0 radical (unpaired) electrons. The average Bonchev–Trinajstić information content (AvgIpc) is 2.75. The number of aromatic nitrogens is 4. The topological polar surface area (TPSA) is 84.3 Å². The van der Waals surface area contributed by atoms with Crippen LogP contribution in [0.1, 0.15) is 19.8 Å². The molecule has 2 heterocycles. The van der Waals surface area contributed by atoms with Gasteiger partial charge in [-0.2, -0.15) is 5.10 Å². The summed E-state index contributed by atoms with van der Waals surface area (Å²) in [5.74, 6) is 0.706. The largest absolute Gasteiger partial charge is 0.381 e. The first-order valence-electron chi connectivity index (χ1n) is 6.05. The zero-order valence-electron chi connectivity index (χ0n) is 10.3. The van der Waals surface area contributed by atoms with Crippen molar-refractivity contribution >= 4 is 11.5 Å². The molecule has 0 amide bonds. The van der Waals surface area contributed by atoms with Crippen LogP contribution >= 0.6 is 0 Å². The van der Waals surface area contributed by atoms with Gasteiger partial charge in [0.25, 0.3) is 0 Å². The highest BCUT2D eigenvalue weighted by Crippen LogP contribution is 2.03. The Labute approximate surface area is 104 Å². The van der Waals surface area contributed by atoms with Crippen molar-refractivity contribution in [1.82, 2.24) is 19.6 Å². The first kappa shape index (κ1) is 12.6. The Kier molecular flexibility index (Phi) is 4.30. The zero-order chi connectivity index (χ0) is 12.8. The van der Waals surface area contributed by atoms with Crippen molar-refractivity contribution in [3.63, 3.8) is 0 Å². The van der Waals surface area contributed by atoms with Crippen molar-refractivity contribution in [2.24, 2.45) is 0 Å². The standard InChI is InChI=1S/C11H17N5O2/c1-2-5-18-6-3-4-12-9-7-10-14-15-11(17)16(10)8-13-9/h7-8,12H,2-6H2,1H3,(H,15,17). The number of nitrogens with one attached hydrogen (secondary N) is 2. The molecule has 7 nitrogen and oxygen atoms in total. The van der Waals surface area contributed by atoms with E-state index in [4.69, 9.17) is 4.74 Å². The Balaban J connectivity index is 1.83. The molecule has 0 atom stereocenters. The SMILES string of the molecule is CCCOCCCNc1cc2n[nH]c(=O)n2cn1. The summed E-state index contributed by atoms with van der Waals surface area (Å²) in [5.41, 5.74) is 0.275. The number of hydrogen-bond donors (Lipinski definition) is 2. The molecule has 0 unspecified atom stereocenters. The van der Waals surface area contributed by atoms with E-state index >= 15 is 0 Å². The van der Waals surface area contributed by atoms with E-state index in [1.54, 1.807) is 6.07 Å². The van der Waals surface area contributed by atoms with Crippen molar-refractivity contribution in [3.05, 3.63) is 22.9 Å². The lowest BCUT2D eigenvalue weighted by molar-refractivity contribution is 0.134. The third-order valence-corrected chi connectivity index (χ3v) is 2.43. The molecule has 0 aliphatic rings. The number of rotatable bonds is 7. The van der Waals surface area contributed by atoms with Crippen LogP contribution in [0.15, 0.2) is 17.2 Å². The second kappa shape index (κ2) is 6.15.